The van der Waals surface area contributed by atoms with Crippen molar-refractivity contribution in [1.29, 1.82) is 0 Å². The standard InChI is InChI=1S/C16H17Br2NO2/c1-19-11-12-3-2-4-15(18)16(12)21-10-9-20-14-7-5-13(17)6-8-14/h2-8,19H,9-11H2,1H3. The van der Waals surface area contributed by atoms with Crippen LogP contribution in [0.15, 0.2) is 51.4 Å². The van der Waals surface area contributed by atoms with Gasteiger partial charge in [-0.15, -0.1) is 0 Å². The maximum atomic E-state index is 5.84. The summed E-state index contributed by atoms with van der Waals surface area (Å²) < 4.78 is 13.5. The third kappa shape index (κ3) is 5.02. The molecule has 5 heteroatoms. The van der Waals surface area contributed by atoms with Gasteiger partial charge in [0.25, 0.3) is 0 Å². The van der Waals surface area contributed by atoms with Gasteiger partial charge in [-0.3, -0.25) is 0 Å². The Bertz CT molecular complexity index is 573. The Hall–Kier alpha value is -1.04. The molecule has 0 aliphatic carbocycles. The van der Waals surface area contributed by atoms with Crippen LogP contribution in [0.2, 0.25) is 0 Å². The van der Waals surface area contributed by atoms with E-state index < -0.39 is 0 Å². The van der Waals surface area contributed by atoms with Crippen LogP contribution in [0.4, 0.5) is 0 Å². The van der Waals surface area contributed by atoms with Crippen LogP contribution >= 0.6 is 31.9 Å². The summed E-state index contributed by atoms with van der Waals surface area (Å²) in [5, 5.41) is 3.14. The number of rotatable bonds is 7. The van der Waals surface area contributed by atoms with E-state index in [1.54, 1.807) is 0 Å². The van der Waals surface area contributed by atoms with Gasteiger partial charge in [-0.1, -0.05) is 28.1 Å². The van der Waals surface area contributed by atoms with E-state index in [1.807, 2.05) is 49.5 Å². The van der Waals surface area contributed by atoms with Crippen LogP contribution in [-0.4, -0.2) is 20.3 Å². The second kappa shape index (κ2) is 8.41. The number of ether oxygens (including phenoxy) is 2. The van der Waals surface area contributed by atoms with Crippen molar-refractivity contribution in [2.45, 2.75) is 6.54 Å². The van der Waals surface area contributed by atoms with Crippen molar-refractivity contribution >= 4 is 31.9 Å². The summed E-state index contributed by atoms with van der Waals surface area (Å²) in [7, 11) is 1.92. The molecule has 0 bridgehead atoms. The minimum atomic E-state index is 0.495. The highest BCUT2D eigenvalue weighted by Gasteiger charge is 2.07. The van der Waals surface area contributed by atoms with Crippen molar-refractivity contribution in [3.05, 3.63) is 57.0 Å². The molecule has 0 aliphatic heterocycles. The molecule has 2 aromatic carbocycles. The molecule has 0 unspecified atom stereocenters. The summed E-state index contributed by atoms with van der Waals surface area (Å²) in [6.45, 7) is 1.76. The minimum Gasteiger partial charge on any atom is -0.490 e. The first kappa shape index (κ1) is 16.3. The summed E-state index contributed by atoms with van der Waals surface area (Å²) in [6, 6.07) is 13.8. The van der Waals surface area contributed by atoms with Crippen molar-refractivity contribution in [3.8, 4) is 11.5 Å². The van der Waals surface area contributed by atoms with E-state index in [0.717, 1.165) is 32.6 Å². The van der Waals surface area contributed by atoms with E-state index in [1.165, 1.54) is 0 Å². The lowest BCUT2D eigenvalue weighted by atomic mass is 10.2. The van der Waals surface area contributed by atoms with Crippen molar-refractivity contribution < 1.29 is 9.47 Å². The van der Waals surface area contributed by atoms with Gasteiger partial charge in [0.2, 0.25) is 0 Å². The van der Waals surface area contributed by atoms with E-state index in [0.29, 0.717) is 13.2 Å². The van der Waals surface area contributed by atoms with E-state index in [-0.39, 0.29) is 0 Å². The molecule has 2 aromatic rings. The number of para-hydroxylation sites is 1. The zero-order valence-corrected chi connectivity index (χ0v) is 14.9. The first-order valence-electron chi connectivity index (χ1n) is 6.64. The molecular weight excluding hydrogens is 398 g/mol. The van der Waals surface area contributed by atoms with Gasteiger partial charge in [0.15, 0.2) is 0 Å². The molecule has 112 valence electrons. The number of nitrogens with one attached hydrogen (secondary N) is 1. The fourth-order valence-corrected chi connectivity index (χ4v) is 2.66. The molecule has 0 aliphatic rings. The quantitative estimate of drug-likeness (QED) is 0.681. The summed E-state index contributed by atoms with van der Waals surface area (Å²) in [6.07, 6.45) is 0. The first-order valence-corrected chi connectivity index (χ1v) is 8.22. The molecule has 0 saturated carbocycles. The van der Waals surface area contributed by atoms with Crippen molar-refractivity contribution in [3.63, 3.8) is 0 Å². The van der Waals surface area contributed by atoms with Gasteiger partial charge < -0.3 is 14.8 Å². The van der Waals surface area contributed by atoms with Crippen LogP contribution in [0.1, 0.15) is 5.56 Å². The zero-order valence-electron chi connectivity index (χ0n) is 11.7. The third-order valence-electron chi connectivity index (χ3n) is 2.83. The third-order valence-corrected chi connectivity index (χ3v) is 3.98. The Kier molecular flexibility index (Phi) is 6.54. The van der Waals surface area contributed by atoms with Gasteiger partial charge >= 0.3 is 0 Å². The molecule has 1 N–H and O–H groups in total. The van der Waals surface area contributed by atoms with Crippen LogP contribution in [0, 0.1) is 0 Å². The van der Waals surface area contributed by atoms with Crippen LogP contribution in [0.5, 0.6) is 11.5 Å². The van der Waals surface area contributed by atoms with E-state index in [9.17, 15) is 0 Å². The fourth-order valence-electron chi connectivity index (χ4n) is 1.88. The lowest BCUT2D eigenvalue weighted by Gasteiger charge is -2.13. The highest BCUT2D eigenvalue weighted by Crippen LogP contribution is 2.29. The van der Waals surface area contributed by atoms with Crippen LogP contribution in [0.3, 0.4) is 0 Å². The average molecular weight is 415 g/mol. The molecule has 2 rings (SSSR count). The fraction of sp³-hybridized carbons (Fsp3) is 0.250. The van der Waals surface area contributed by atoms with Crippen LogP contribution in [-0.2, 0) is 6.54 Å². The molecule has 0 aromatic heterocycles. The second-order valence-corrected chi connectivity index (χ2v) is 6.18. The predicted octanol–water partition coefficient (Wildman–Crippen LogP) is 4.39. The molecule has 0 spiro atoms. The predicted molar refractivity (Wildman–Crippen MR) is 92.0 cm³/mol. The highest BCUT2D eigenvalue weighted by atomic mass is 79.9. The number of halogens is 2. The lowest BCUT2D eigenvalue weighted by molar-refractivity contribution is 0.215. The molecule has 0 saturated heterocycles. The first-order chi connectivity index (χ1) is 10.2. The summed E-state index contributed by atoms with van der Waals surface area (Å²) in [5.74, 6) is 1.70. The van der Waals surface area contributed by atoms with Crippen LogP contribution < -0.4 is 14.8 Å². The second-order valence-electron chi connectivity index (χ2n) is 4.41. The average Bonchev–Trinajstić information content (AvgIpc) is 2.48. The Balaban J connectivity index is 1.87. The maximum Gasteiger partial charge on any atom is 0.138 e. The topological polar surface area (TPSA) is 30.5 Å². The molecular formula is C16H17Br2NO2. The number of hydrogen-bond donors (Lipinski definition) is 1. The molecule has 0 atom stereocenters. The molecule has 3 nitrogen and oxygen atoms in total. The molecule has 0 radical (unpaired) electrons. The van der Waals surface area contributed by atoms with Gasteiger partial charge in [0.1, 0.15) is 24.7 Å². The molecule has 21 heavy (non-hydrogen) atoms. The van der Waals surface area contributed by atoms with E-state index in [2.05, 4.69) is 37.2 Å². The Morgan fingerprint density at radius 2 is 1.67 bits per heavy atom. The maximum absolute atomic E-state index is 5.84. The van der Waals surface area contributed by atoms with Gasteiger partial charge in [0.05, 0.1) is 4.47 Å². The normalized spacial score (nSPS) is 10.4. The minimum absolute atomic E-state index is 0.495. The Morgan fingerprint density at radius 1 is 0.952 bits per heavy atom. The smallest absolute Gasteiger partial charge is 0.138 e. The van der Waals surface area contributed by atoms with Gasteiger partial charge in [-0.2, -0.15) is 0 Å². The van der Waals surface area contributed by atoms with Gasteiger partial charge in [0, 0.05) is 16.6 Å². The monoisotopic (exact) mass is 413 g/mol. The SMILES string of the molecule is CNCc1cccc(Br)c1OCCOc1ccc(Br)cc1. The molecule has 0 amide bonds. The number of benzene rings is 2. The largest absolute Gasteiger partial charge is 0.490 e. The Morgan fingerprint density at radius 3 is 2.38 bits per heavy atom. The summed E-state index contributed by atoms with van der Waals surface area (Å²) in [5.41, 5.74) is 1.12. The van der Waals surface area contributed by atoms with Crippen LogP contribution in [0.25, 0.3) is 0 Å². The lowest BCUT2D eigenvalue weighted by Crippen LogP contribution is -2.12. The highest BCUT2D eigenvalue weighted by molar-refractivity contribution is 9.10. The Labute approximate surface area is 141 Å². The van der Waals surface area contributed by atoms with Gasteiger partial charge in [-0.25, -0.2) is 0 Å². The van der Waals surface area contributed by atoms with E-state index >= 15 is 0 Å². The van der Waals surface area contributed by atoms with Crippen molar-refractivity contribution in [1.82, 2.24) is 5.32 Å². The number of hydrogen-bond acceptors (Lipinski definition) is 3. The van der Waals surface area contributed by atoms with Crippen molar-refractivity contribution in [2.24, 2.45) is 0 Å². The van der Waals surface area contributed by atoms with Crippen molar-refractivity contribution in [2.75, 3.05) is 20.3 Å². The molecule has 0 fully saturated rings. The van der Waals surface area contributed by atoms with Gasteiger partial charge in [-0.05, 0) is 53.3 Å². The van der Waals surface area contributed by atoms with E-state index in [4.69, 9.17) is 9.47 Å². The summed E-state index contributed by atoms with van der Waals surface area (Å²) >= 11 is 6.92. The summed E-state index contributed by atoms with van der Waals surface area (Å²) in [4.78, 5) is 0. The zero-order chi connectivity index (χ0) is 15.1. The molecule has 0 heterocycles.